The summed E-state index contributed by atoms with van der Waals surface area (Å²) in [6.45, 7) is 0. The van der Waals surface area contributed by atoms with Gasteiger partial charge in [0.1, 0.15) is 0 Å². The van der Waals surface area contributed by atoms with Crippen molar-refractivity contribution in [2.75, 3.05) is 0 Å². The first-order valence-electron chi connectivity index (χ1n) is 18.7. The van der Waals surface area contributed by atoms with Gasteiger partial charge < -0.3 is 0 Å². The molecule has 0 fully saturated rings. The third kappa shape index (κ3) is 7.33. The molecular weight excluding hydrogens is 683 g/mol. The fourth-order valence-corrected chi connectivity index (χ4v) is 7.23. The Labute approximate surface area is 326 Å². The van der Waals surface area contributed by atoms with E-state index < -0.39 is 0 Å². The van der Waals surface area contributed by atoms with Gasteiger partial charge in [0.2, 0.25) is 0 Å². The maximum absolute atomic E-state index is 10.0. The van der Waals surface area contributed by atoms with Gasteiger partial charge in [-0.15, -0.1) is 0 Å². The van der Waals surface area contributed by atoms with E-state index in [0.717, 1.165) is 62.2 Å². The molecule has 1 atom stereocenters. The zero-order chi connectivity index (χ0) is 37.7. The number of allylic oxidation sites excluding steroid dienone is 4. The van der Waals surface area contributed by atoms with Gasteiger partial charge >= 0.3 is 0 Å². The topological polar surface area (TPSA) is 75.3 Å². The number of nitriles is 1. The van der Waals surface area contributed by atoms with Gasteiger partial charge in [-0.05, 0) is 81.8 Å². The molecule has 1 aliphatic carbocycles. The van der Waals surface area contributed by atoms with Crippen molar-refractivity contribution in [3.63, 3.8) is 0 Å². The molecule has 9 rings (SSSR count). The fourth-order valence-electron chi connectivity index (χ4n) is 7.23. The van der Waals surface area contributed by atoms with Crippen LogP contribution in [-0.4, -0.2) is 19.9 Å². The van der Waals surface area contributed by atoms with Gasteiger partial charge in [0.05, 0.1) is 17.3 Å². The summed E-state index contributed by atoms with van der Waals surface area (Å²) < 4.78 is 0. The second-order valence-corrected chi connectivity index (χ2v) is 13.8. The number of hydrogen-bond acceptors (Lipinski definition) is 5. The Morgan fingerprint density at radius 2 is 1.02 bits per heavy atom. The summed E-state index contributed by atoms with van der Waals surface area (Å²) in [4.78, 5) is 19.5. The van der Waals surface area contributed by atoms with Crippen LogP contribution in [0.3, 0.4) is 0 Å². The third-order valence-corrected chi connectivity index (χ3v) is 10.2. The monoisotopic (exact) mass is 717 g/mol. The van der Waals surface area contributed by atoms with E-state index in [0.29, 0.717) is 23.0 Å². The van der Waals surface area contributed by atoms with Crippen molar-refractivity contribution in [2.24, 2.45) is 0 Å². The molecule has 2 aromatic heterocycles. The summed E-state index contributed by atoms with van der Waals surface area (Å²) in [5.74, 6) is 2.01. The van der Waals surface area contributed by atoms with Crippen molar-refractivity contribution in [3.05, 3.63) is 211 Å². The van der Waals surface area contributed by atoms with E-state index >= 15 is 0 Å². The molecule has 2 heterocycles. The van der Waals surface area contributed by atoms with Gasteiger partial charge in [-0.1, -0.05) is 152 Å². The number of rotatable bonds is 8. The van der Waals surface area contributed by atoms with E-state index in [2.05, 4.69) is 132 Å². The molecule has 0 radical (unpaired) electrons. The highest BCUT2D eigenvalue weighted by Crippen LogP contribution is 2.37. The molecule has 0 amide bonds. The van der Waals surface area contributed by atoms with Crippen molar-refractivity contribution in [1.82, 2.24) is 19.9 Å². The SMILES string of the molecule is N#Cc1cc(C2=CC=CC(c3cccc(-c4nc(-c5ccccc5)nc(-c5ccc(-c6ccccc6)cc5)n4)c3)C2)cc(-c2ccc(-c3ccccn3)cc2)c1. The molecule has 0 spiro atoms. The summed E-state index contributed by atoms with van der Waals surface area (Å²) in [6.07, 6.45) is 9.14. The van der Waals surface area contributed by atoms with Crippen LogP contribution in [0.5, 0.6) is 0 Å². The fraction of sp³-hybridized carbons (Fsp3) is 0.0392. The minimum atomic E-state index is 0.127. The van der Waals surface area contributed by atoms with Crippen LogP contribution in [0.1, 0.15) is 29.0 Å². The average molecular weight is 718 g/mol. The first-order valence-corrected chi connectivity index (χ1v) is 18.7. The Balaban J connectivity index is 1.01. The lowest BCUT2D eigenvalue weighted by Crippen LogP contribution is -2.03. The first kappa shape index (κ1) is 34.2. The number of nitrogens with zero attached hydrogens (tertiary/aromatic N) is 5. The molecule has 0 bridgehead atoms. The Hall–Kier alpha value is -7.55. The Morgan fingerprint density at radius 3 is 1.70 bits per heavy atom. The van der Waals surface area contributed by atoms with Crippen LogP contribution < -0.4 is 0 Å². The molecule has 6 aromatic carbocycles. The van der Waals surface area contributed by atoms with Gasteiger partial charge in [-0.25, -0.2) is 15.0 Å². The van der Waals surface area contributed by atoms with Crippen molar-refractivity contribution < 1.29 is 0 Å². The Bertz CT molecular complexity index is 2750. The minimum Gasteiger partial charge on any atom is -0.256 e. The molecule has 1 aliphatic rings. The molecule has 0 N–H and O–H groups in total. The van der Waals surface area contributed by atoms with E-state index in [1.807, 2.05) is 66.7 Å². The van der Waals surface area contributed by atoms with Crippen molar-refractivity contribution in [2.45, 2.75) is 12.3 Å². The molecule has 264 valence electrons. The van der Waals surface area contributed by atoms with E-state index in [-0.39, 0.29) is 5.92 Å². The lowest BCUT2D eigenvalue weighted by atomic mass is 9.84. The predicted molar refractivity (Wildman–Crippen MR) is 226 cm³/mol. The number of aromatic nitrogens is 4. The molecule has 5 heteroatoms. The van der Waals surface area contributed by atoms with Gasteiger partial charge in [-0.2, -0.15) is 5.26 Å². The van der Waals surface area contributed by atoms with Gasteiger partial charge in [-0.3, -0.25) is 4.98 Å². The van der Waals surface area contributed by atoms with Crippen LogP contribution in [0, 0.1) is 11.3 Å². The second-order valence-electron chi connectivity index (χ2n) is 13.8. The van der Waals surface area contributed by atoms with Crippen LogP contribution in [0.15, 0.2) is 194 Å². The van der Waals surface area contributed by atoms with Crippen LogP contribution in [0.25, 0.3) is 73.2 Å². The highest BCUT2D eigenvalue weighted by atomic mass is 15.0. The van der Waals surface area contributed by atoms with E-state index in [9.17, 15) is 5.26 Å². The summed E-state index contributed by atoms with van der Waals surface area (Å²) in [6, 6.07) is 60.2. The molecule has 1 unspecified atom stereocenters. The first-order chi connectivity index (χ1) is 27.7. The number of pyridine rings is 1. The lowest BCUT2D eigenvalue weighted by Gasteiger charge is -2.21. The zero-order valence-corrected chi connectivity index (χ0v) is 30.5. The van der Waals surface area contributed by atoms with Crippen LogP contribution in [-0.2, 0) is 0 Å². The van der Waals surface area contributed by atoms with Crippen molar-refractivity contribution in [3.8, 4) is 73.7 Å². The van der Waals surface area contributed by atoms with E-state index in [1.165, 1.54) is 11.1 Å². The zero-order valence-electron chi connectivity index (χ0n) is 30.5. The van der Waals surface area contributed by atoms with Crippen LogP contribution >= 0.6 is 0 Å². The minimum absolute atomic E-state index is 0.127. The van der Waals surface area contributed by atoms with Crippen LogP contribution in [0.4, 0.5) is 0 Å². The van der Waals surface area contributed by atoms with E-state index in [1.54, 1.807) is 6.20 Å². The smallest absolute Gasteiger partial charge is 0.164 e. The molecule has 8 aromatic rings. The lowest BCUT2D eigenvalue weighted by molar-refractivity contribution is 0.867. The normalized spacial score (nSPS) is 13.5. The highest BCUT2D eigenvalue weighted by molar-refractivity contribution is 5.78. The van der Waals surface area contributed by atoms with E-state index in [4.69, 9.17) is 15.0 Å². The maximum Gasteiger partial charge on any atom is 0.164 e. The summed E-state index contributed by atoms with van der Waals surface area (Å²) in [7, 11) is 0. The number of benzene rings is 6. The Kier molecular flexibility index (Phi) is 9.43. The molecule has 5 nitrogen and oxygen atoms in total. The summed E-state index contributed by atoms with van der Waals surface area (Å²) in [5.41, 5.74) is 13.2. The predicted octanol–water partition coefficient (Wildman–Crippen LogP) is 12.3. The molecular formula is C51H35N5. The molecule has 0 aliphatic heterocycles. The van der Waals surface area contributed by atoms with Gasteiger partial charge in [0.25, 0.3) is 0 Å². The van der Waals surface area contributed by atoms with Crippen molar-refractivity contribution >= 4 is 5.57 Å². The third-order valence-electron chi connectivity index (χ3n) is 10.2. The van der Waals surface area contributed by atoms with Crippen LogP contribution in [0.2, 0.25) is 0 Å². The second kappa shape index (κ2) is 15.4. The standard InChI is InChI=1S/C51H35N5/c52-34-35-29-46(38-20-24-39(25-21-38)48-19-7-8-28-53-48)33-47(30-35)44-17-9-15-42(31-44)43-16-10-18-45(32-43)51-55-49(40-13-5-2-6-14-40)54-50(56-51)41-26-22-37(23-27-41)36-11-3-1-4-12-36/h1-30,32-33,42H,31H2. The molecule has 0 saturated heterocycles. The largest absolute Gasteiger partial charge is 0.256 e. The summed E-state index contributed by atoms with van der Waals surface area (Å²) >= 11 is 0. The Morgan fingerprint density at radius 1 is 0.464 bits per heavy atom. The average Bonchev–Trinajstić information content (AvgIpc) is 3.30. The summed E-state index contributed by atoms with van der Waals surface area (Å²) in [5, 5.41) is 10.0. The highest BCUT2D eigenvalue weighted by Gasteiger charge is 2.19. The van der Waals surface area contributed by atoms with Gasteiger partial charge in [0, 0.05) is 34.4 Å². The van der Waals surface area contributed by atoms with Crippen molar-refractivity contribution in [1.29, 1.82) is 5.26 Å². The molecule has 0 saturated carbocycles. The maximum atomic E-state index is 10.0. The number of hydrogen-bond donors (Lipinski definition) is 0. The molecule has 56 heavy (non-hydrogen) atoms. The quantitative estimate of drug-likeness (QED) is 0.156. The van der Waals surface area contributed by atoms with Gasteiger partial charge in [0.15, 0.2) is 17.5 Å².